The Labute approximate surface area is 184 Å². The molecule has 0 fully saturated rings. The number of nitrogens with one attached hydrogen (secondary N) is 1. The van der Waals surface area contributed by atoms with E-state index in [4.69, 9.17) is 4.74 Å². The molecule has 0 unspecified atom stereocenters. The standard InChI is InChI=1S/C25H23NO4S/c1-2-26-13-14-30-20-10-5-16(6-11-20)24(29)23-21-12-9-19(28)15-22(21)31-25(23)17-3-7-18(27)8-4-17/h3-12,15,26-28H,2,13-14H2,1H3. The van der Waals surface area contributed by atoms with Crippen LogP contribution < -0.4 is 10.1 Å². The first-order valence-electron chi connectivity index (χ1n) is 10.1. The summed E-state index contributed by atoms with van der Waals surface area (Å²) in [4.78, 5) is 14.3. The smallest absolute Gasteiger partial charge is 0.195 e. The van der Waals surface area contributed by atoms with Crippen LogP contribution in [0.1, 0.15) is 22.8 Å². The molecule has 0 saturated carbocycles. The van der Waals surface area contributed by atoms with E-state index in [1.54, 1.807) is 66.7 Å². The van der Waals surface area contributed by atoms with E-state index in [1.807, 2.05) is 6.92 Å². The monoisotopic (exact) mass is 433 g/mol. The van der Waals surface area contributed by atoms with Crippen LogP contribution in [0.15, 0.2) is 66.7 Å². The van der Waals surface area contributed by atoms with Crippen molar-refractivity contribution in [1.82, 2.24) is 5.32 Å². The van der Waals surface area contributed by atoms with E-state index in [1.165, 1.54) is 11.3 Å². The number of ketones is 1. The highest BCUT2D eigenvalue weighted by Crippen LogP contribution is 2.41. The lowest BCUT2D eigenvalue weighted by atomic mass is 9.97. The van der Waals surface area contributed by atoms with Gasteiger partial charge in [0.2, 0.25) is 0 Å². The molecule has 6 heteroatoms. The van der Waals surface area contributed by atoms with Gasteiger partial charge in [0.15, 0.2) is 5.78 Å². The fraction of sp³-hybridized carbons (Fsp3) is 0.160. The average Bonchev–Trinajstić information content (AvgIpc) is 3.15. The largest absolute Gasteiger partial charge is 0.508 e. The number of phenols is 2. The van der Waals surface area contributed by atoms with Gasteiger partial charge in [-0.15, -0.1) is 11.3 Å². The fourth-order valence-electron chi connectivity index (χ4n) is 3.39. The molecule has 4 rings (SSSR count). The van der Waals surface area contributed by atoms with E-state index in [2.05, 4.69) is 5.32 Å². The minimum atomic E-state index is -0.0979. The molecule has 158 valence electrons. The number of aromatic hydroxyl groups is 2. The second-order valence-corrected chi connectivity index (χ2v) is 8.14. The van der Waals surface area contributed by atoms with Gasteiger partial charge >= 0.3 is 0 Å². The topological polar surface area (TPSA) is 78.8 Å². The summed E-state index contributed by atoms with van der Waals surface area (Å²) in [7, 11) is 0. The van der Waals surface area contributed by atoms with Gasteiger partial charge in [-0.25, -0.2) is 0 Å². The number of likely N-dealkylation sites (N-methyl/N-ethyl adjacent to an activating group) is 1. The molecule has 0 atom stereocenters. The lowest BCUT2D eigenvalue weighted by Crippen LogP contribution is -2.20. The SMILES string of the molecule is CCNCCOc1ccc(C(=O)c2c(-c3ccc(O)cc3)sc3cc(O)ccc23)cc1. The van der Waals surface area contributed by atoms with Gasteiger partial charge in [-0.2, -0.15) is 0 Å². The molecule has 3 N–H and O–H groups in total. The van der Waals surface area contributed by atoms with Gasteiger partial charge in [0, 0.05) is 32.6 Å². The van der Waals surface area contributed by atoms with E-state index in [0.717, 1.165) is 33.6 Å². The third-order valence-corrected chi connectivity index (χ3v) is 6.15. The van der Waals surface area contributed by atoms with Crippen molar-refractivity contribution in [1.29, 1.82) is 0 Å². The molecule has 0 spiro atoms. The van der Waals surface area contributed by atoms with Gasteiger partial charge in [0.25, 0.3) is 0 Å². The number of ether oxygens (including phenoxy) is 1. The van der Waals surface area contributed by atoms with Crippen LogP contribution in [-0.2, 0) is 0 Å². The van der Waals surface area contributed by atoms with Crippen LogP contribution in [0.3, 0.4) is 0 Å². The first-order valence-corrected chi connectivity index (χ1v) is 10.9. The number of carbonyl (C=O) groups excluding carboxylic acids is 1. The number of hydrogen-bond acceptors (Lipinski definition) is 6. The Bertz CT molecular complexity index is 1200. The Morgan fingerprint density at radius 1 is 0.968 bits per heavy atom. The summed E-state index contributed by atoms with van der Waals surface area (Å²) in [6, 6.07) is 19.0. The molecule has 0 aliphatic heterocycles. The fourth-order valence-corrected chi connectivity index (χ4v) is 4.63. The van der Waals surface area contributed by atoms with Crippen LogP contribution in [0.5, 0.6) is 17.2 Å². The van der Waals surface area contributed by atoms with Crippen LogP contribution in [0.4, 0.5) is 0 Å². The minimum Gasteiger partial charge on any atom is -0.508 e. The minimum absolute atomic E-state index is 0.0979. The Kier molecular flexibility index (Phi) is 6.21. The molecule has 0 aliphatic rings. The number of thiophene rings is 1. The highest BCUT2D eigenvalue weighted by Gasteiger charge is 2.22. The van der Waals surface area contributed by atoms with Crippen LogP contribution in [0, 0.1) is 0 Å². The first kappa shape index (κ1) is 20.9. The van der Waals surface area contributed by atoms with Crippen molar-refractivity contribution in [3.05, 3.63) is 77.9 Å². The maximum atomic E-state index is 13.5. The second-order valence-electron chi connectivity index (χ2n) is 7.09. The van der Waals surface area contributed by atoms with E-state index < -0.39 is 0 Å². The third kappa shape index (κ3) is 4.55. The molecular weight excluding hydrogens is 410 g/mol. The summed E-state index contributed by atoms with van der Waals surface area (Å²) in [5.74, 6) is 0.941. The van der Waals surface area contributed by atoms with Crippen LogP contribution in [-0.4, -0.2) is 35.7 Å². The Morgan fingerprint density at radius 2 is 1.68 bits per heavy atom. The molecule has 4 aromatic rings. The normalized spacial score (nSPS) is 11.0. The molecule has 0 saturated heterocycles. The first-order chi connectivity index (χ1) is 15.1. The molecule has 0 radical (unpaired) electrons. The molecule has 1 heterocycles. The van der Waals surface area contributed by atoms with Crippen LogP contribution >= 0.6 is 11.3 Å². The lowest BCUT2D eigenvalue weighted by molar-refractivity contribution is 0.104. The van der Waals surface area contributed by atoms with Gasteiger partial charge < -0.3 is 20.3 Å². The predicted octanol–water partition coefficient (Wildman–Crippen LogP) is 5.20. The summed E-state index contributed by atoms with van der Waals surface area (Å²) >= 11 is 1.44. The molecule has 5 nitrogen and oxygen atoms in total. The second kappa shape index (κ2) is 9.20. The number of rotatable bonds is 8. The summed E-state index contributed by atoms with van der Waals surface area (Å²) in [5, 5.41) is 23.5. The van der Waals surface area contributed by atoms with E-state index in [9.17, 15) is 15.0 Å². The van der Waals surface area contributed by atoms with Gasteiger partial charge in [-0.05, 0) is 78.8 Å². The van der Waals surface area contributed by atoms with Crippen molar-refractivity contribution in [3.8, 4) is 27.7 Å². The van der Waals surface area contributed by atoms with Gasteiger partial charge in [0.1, 0.15) is 23.9 Å². The summed E-state index contributed by atoms with van der Waals surface area (Å²) in [5.41, 5.74) is 1.99. The predicted molar refractivity (Wildman–Crippen MR) is 125 cm³/mol. The molecule has 0 amide bonds. The van der Waals surface area contributed by atoms with Crippen molar-refractivity contribution in [2.45, 2.75) is 6.92 Å². The van der Waals surface area contributed by atoms with Crippen molar-refractivity contribution in [2.24, 2.45) is 0 Å². The number of benzene rings is 3. The Morgan fingerprint density at radius 3 is 2.39 bits per heavy atom. The quantitative estimate of drug-likeness (QED) is 0.263. The highest BCUT2D eigenvalue weighted by atomic mass is 32.1. The van der Waals surface area contributed by atoms with E-state index >= 15 is 0 Å². The lowest BCUT2D eigenvalue weighted by Gasteiger charge is -2.08. The number of hydrogen-bond donors (Lipinski definition) is 3. The summed E-state index contributed by atoms with van der Waals surface area (Å²) in [6.07, 6.45) is 0. The van der Waals surface area contributed by atoms with Gasteiger partial charge in [-0.1, -0.05) is 6.92 Å². The molecule has 3 aromatic carbocycles. The maximum Gasteiger partial charge on any atom is 0.195 e. The highest BCUT2D eigenvalue weighted by molar-refractivity contribution is 7.22. The molecule has 31 heavy (non-hydrogen) atoms. The van der Waals surface area contributed by atoms with Crippen molar-refractivity contribution >= 4 is 27.2 Å². The Balaban J connectivity index is 1.70. The molecular formula is C25H23NO4S. The van der Waals surface area contributed by atoms with Crippen molar-refractivity contribution in [3.63, 3.8) is 0 Å². The van der Waals surface area contributed by atoms with Crippen molar-refractivity contribution in [2.75, 3.05) is 19.7 Å². The van der Waals surface area contributed by atoms with Crippen LogP contribution in [0.2, 0.25) is 0 Å². The zero-order valence-corrected chi connectivity index (χ0v) is 17.9. The average molecular weight is 434 g/mol. The third-order valence-electron chi connectivity index (χ3n) is 4.94. The van der Waals surface area contributed by atoms with E-state index in [-0.39, 0.29) is 17.3 Å². The van der Waals surface area contributed by atoms with E-state index in [0.29, 0.717) is 23.5 Å². The number of fused-ring (bicyclic) bond motifs is 1. The van der Waals surface area contributed by atoms with Crippen molar-refractivity contribution < 1.29 is 19.7 Å². The molecule has 0 bridgehead atoms. The van der Waals surface area contributed by atoms with Gasteiger partial charge in [-0.3, -0.25) is 4.79 Å². The maximum absolute atomic E-state index is 13.5. The van der Waals surface area contributed by atoms with Gasteiger partial charge in [0.05, 0.1) is 0 Å². The zero-order chi connectivity index (χ0) is 21.8. The number of phenolic OH excluding ortho intramolecular Hbond substituents is 2. The van der Waals surface area contributed by atoms with Crippen LogP contribution in [0.25, 0.3) is 20.5 Å². The molecule has 0 aliphatic carbocycles. The number of carbonyl (C=O) groups is 1. The summed E-state index contributed by atoms with van der Waals surface area (Å²) < 4.78 is 6.53. The molecule has 1 aromatic heterocycles. The zero-order valence-electron chi connectivity index (χ0n) is 17.1. The Hall–Kier alpha value is -3.35. The summed E-state index contributed by atoms with van der Waals surface area (Å²) in [6.45, 7) is 4.26.